The molecule has 0 saturated heterocycles. The Morgan fingerprint density at radius 2 is 2.00 bits per heavy atom. The number of rotatable bonds is 3. The van der Waals surface area contributed by atoms with Gasteiger partial charge in [-0.05, 0) is 19.1 Å². The maximum atomic E-state index is 12.4. The summed E-state index contributed by atoms with van der Waals surface area (Å²) < 4.78 is 5.67. The molecule has 0 bridgehead atoms. The van der Waals surface area contributed by atoms with Crippen LogP contribution < -0.4 is 5.43 Å². The molecule has 0 unspecified atom stereocenters. The van der Waals surface area contributed by atoms with Gasteiger partial charge in [0, 0.05) is 16.0 Å². The van der Waals surface area contributed by atoms with E-state index in [1.165, 1.54) is 18.2 Å². The second kappa shape index (κ2) is 4.90. The molecule has 0 aliphatic rings. The molecule has 96 valence electrons. The summed E-state index contributed by atoms with van der Waals surface area (Å²) >= 11 is 4.27. The molecule has 0 fully saturated rings. The van der Waals surface area contributed by atoms with E-state index in [0.717, 1.165) is 0 Å². The van der Waals surface area contributed by atoms with Crippen molar-refractivity contribution in [3.05, 3.63) is 51.9 Å². The number of hydrogen-bond donors (Lipinski definition) is 1. The first-order chi connectivity index (χ1) is 9.04. The third kappa shape index (κ3) is 1.94. The first kappa shape index (κ1) is 13.4. The van der Waals surface area contributed by atoms with E-state index in [2.05, 4.69) is 25.8 Å². The van der Waals surface area contributed by atoms with Crippen molar-refractivity contribution in [1.29, 1.82) is 0 Å². The molecule has 2 aromatic rings. The second-order valence-electron chi connectivity index (χ2n) is 4.05. The highest BCUT2D eigenvalue weighted by atomic mass is 32.1. The maximum Gasteiger partial charge on any atom is 0.200 e. The minimum absolute atomic E-state index is 0.231. The summed E-state index contributed by atoms with van der Waals surface area (Å²) in [6.45, 7) is 8.97. The molecule has 0 aliphatic carbocycles. The van der Waals surface area contributed by atoms with Crippen molar-refractivity contribution in [3.63, 3.8) is 0 Å². The van der Waals surface area contributed by atoms with Crippen molar-refractivity contribution in [2.45, 2.75) is 11.8 Å². The third-order valence-electron chi connectivity index (χ3n) is 3.00. The number of carbonyl (C=O) groups is 1. The number of fused-ring (bicyclic) bond motifs is 1. The molecule has 4 heteroatoms. The van der Waals surface area contributed by atoms with E-state index in [1.54, 1.807) is 6.92 Å². The number of carbonyl (C=O) groups excluding carboxylic acids is 1. The van der Waals surface area contributed by atoms with Gasteiger partial charge in [0.05, 0.1) is 10.9 Å². The predicted octanol–water partition coefficient (Wildman–Crippen LogP) is 3.49. The molecule has 1 aromatic heterocycles. The van der Waals surface area contributed by atoms with E-state index in [-0.39, 0.29) is 5.43 Å². The maximum absolute atomic E-state index is 12.4. The van der Waals surface area contributed by atoms with Crippen molar-refractivity contribution < 1.29 is 9.21 Å². The average molecular weight is 272 g/mol. The largest absolute Gasteiger partial charge is 0.456 e. The first-order valence-electron chi connectivity index (χ1n) is 5.58. The fraction of sp³-hybridized carbons (Fsp3) is 0.0667. The van der Waals surface area contributed by atoms with E-state index in [4.69, 9.17) is 4.42 Å². The Morgan fingerprint density at radius 3 is 2.53 bits per heavy atom. The Labute approximate surface area is 115 Å². The van der Waals surface area contributed by atoms with Crippen LogP contribution in [0, 0.1) is 6.92 Å². The Morgan fingerprint density at radius 1 is 1.32 bits per heavy atom. The number of benzene rings is 1. The van der Waals surface area contributed by atoms with Crippen LogP contribution in [0.1, 0.15) is 27.2 Å². The highest BCUT2D eigenvalue weighted by molar-refractivity contribution is 7.80. The minimum atomic E-state index is -0.231. The quantitative estimate of drug-likeness (QED) is 0.687. The smallest absolute Gasteiger partial charge is 0.200 e. The monoisotopic (exact) mass is 272 g/mol. The molecular formula is C15H12O3S. The van der Waals surface area contributed by atoms with Crippen molar-refractivity contribution in [2.24, 2.45) is 0 Å². The van der Waals surface area contributed by atoms with Gasteiger partial charge in [0.25, 0.3) is 0 Å². The highest BCUT2D eigenvalue weighted by Gasteiger charge is 2.15. The normalized spacial score (nSPS) is 10.4. The van der Waals surface area contributed by atoms with Gasteiger partial charge in [-0.15, -0.1) is 12.6 Å². The van der Waals surface area contributed by atoms with Crippen LogP contribution in [-0.2, 0) is 0 Å². The van der Waals surface area contributed by atoms with E-state index in [0.29, 0.717) is 44.6 Å². The van der Waals surface area contributed by atoms with E-state index in [1.807, 2.05) is 0 Å². The number of aryl methyl sites for hydroxylation is 1. The number of hydrogen-bond acceptors (Lipinski definition) is 4. The summed E-state index contributed by atoms with van der Waals surface area (Å²) in [6.07, 6.45) is 3.55. The first-order valence-corrected chi connectivity index (χ1v) is 6.03. The third-order valence-corrected chi connectivity index (χ3v) is 3.59. The molecule has 0 N–H and O–H groups in total. The molecule has 0 spiro atoms. The molecule has 0 atom stereocenters. The molecule has 3 nitrogen and oxygen atoms in total. The zero-order valence-corrected chi connectivity index (χ0v) is 11.3. The summed E-state index contributed by atoms with van der Waals surface area (Å²) in [5, 5.41) is 0.345. The van der Waals surface area contributed by atoms with E-state index >= 15 is 0 Å². The van der Waals surface area contributed by atoms with Gasteiger partial charge < -0.3 is 4.42 Å². The standard InChI is InChI=1S/C15H12O3S/c1-4-10-12(5-2)18-14-8(3)15(19)9(7-16)6-11(14)13(10)17/h4-7,19H,1-2H2,3H3. The minimum Gasteiger partial charge on any atom is -0.456 e. The van der Waals surface area contributed by atoms with Gasteiger partial charge in [0.15, 0.2) is 6.29 Å². The van der Waals surface area contributed by atoms with Gasteiger partial charge in [0.2, 0.25) is 5.43 Å². The van der Waals surface area contributed by atoms with Crippen LogP contribution in [0.3, 0.4) is 0 Å². The summed E-state index contributed by atoms with van der Waals surface area (Å²) in [5.41, 5.74) is 1.54. The molecule has 0 amide bonds. The molecule has 0 radical (unpaired) electrons. The highest BCUT2D eigenvalue weighted by Crippen LogP contribution is 2.27. The molecular weight excluding hydrogens is 260 g/mol. The Balaban J connectivity index is 3.09. The number of aldehydes is 1. The second-order valence-corrected chi connectivity index (χ2v) is 4.50. The van der Waals surface area contributed by atoms with E-state index < -0.39 is 0 Å². The van der Waals surface area contributed by atoms with Crippen molar-refractivity contribution in [2.75, 3.05) is 0 Å². The van der Waals surface area contributed by atoms with Crippen LogP contribution in [-0.4, -0.2) is 6.29 Å². The van der Waals surface area contributed by atoms with Crippen LogP contribution in [0.25, 0.3) is 23.1 Å². The van der Waals surface area contributed by atoms with Gasteiger partial charge in [-0.1, -0.05) is 19.2 Å². The fourth-order valence-electron chi connectivity index (χ4n) is 1.97. The molecule has 0 saturated carbocycles. The fourth-order valence-corrected chi connectivity index (χ4v) is 2.19. The zero-order valence-electron chi connectivity index (χ0n) is 10.4. The zero-order chi connectivity index (χ0) is 14.2. The van der Waals surface area contributed by atoms with Crippen molar-refractivity contribution in [1.82, 2.24) is 0 Å². The summed E-state index contributed by atoms with van der Waals surface area (Å²) in [4.78, 5) is 23.9. The van der Waals surface area contributed by atoms with Crippen LogP contribution >= 0.6 is 12.6 Å². The Bertz CT molecular complexity index is 769. The lowest BCUT2D eigenvalue weighted by Gasteiger charge is -2.09. The molecule has 0 aliphatic heterocycles. The number of thiol groups is 1. The van der Waals surface area contributed by atoms with Crippen LogP contribution in [0.4, 0.5) is 0 Å². The summed E-state index contributed by atoms with van der Waals surface area (Å²) in [5.74, 6) is 0.363. The molecule has 19 heavy (non-hydrogen) atoms. The van der Waals surface area contributed by atoms with Crippen LogP contribution in [0.15, 0.2) is 33.3 Å². The summed E-state index contributed by atoms with van der Waals surface area (Å²) in [7, 11) is 0. The van der Waals surface area contributed by atoms with Gasteiger partial charge in [-0.2, -0.15) is 0 Å². The van der Waals surface area contributed by atoms with Gasteiger partial charge in [-0.3, -0.25) is 9.59 Å². The van der Waals surface area contributed by atoms with Gasteiger partial charge in [-0.25, -0.2) is 0 Å². The van der Waals surface area contributed by atoms with E-state index in [9.17, 15) is 9.59 Å². The SMILES string of the molecule is C=Cc1oc2c(C)c(S)c(C=O)cc2c(=O)c1C=C. The lowest BCUT2D eigenvalue weighted by molar-refractivity contribution is 0.112. The molecule has 1 heterocycles. The molecule has 1 aromatic carbocycles. The van der Waals surface area contributed by atoms with Crippen LogP contribution in [0.2, 0.25) is 0 Å². The van der Waals surface area contributed by atoms with Crippen molar-refractivity contribution in [3.8, 4) is 0 Å². The lowest BCUT2D eigenvalue weighted by atomic mass is 10.0. The topological polar surface area (TPSA) is 47.3 Å². The van der Waals surface area contributed by atoms with Crippen LogP contribution in [0.5, 0.6) is 0 Å². The van der Waals surface area contributed by atoms with Gasteiger partial charge in [0.1, 0.15) is 11.3 Å². The molecule has 2 rings (SSSR count). The summed E-state index contributed by atoms with van der Waals surface area (Å²) in [6, 6.07) is 1.49. The van der Waals surface area contributed by atoms with Crippen molar-refractivity contribution >= 4 is 42.0 Å². The average Bonchev–Trinajstić information content (AvgIpc) is 2.42. The Hall–Kier alpha value is -2.07. The lowest BCUT2D eigenvalue weighted by Crippen LogP contribution is -2.09. The predicted molar refractivity (Wildman–Crippen MR) is 80.0 cm³/mol. The Kier molecular flexibility index (Phi) is 3.44. The van der Waals surface area contributed by atoms with Gasteiger partial charge >= 0.3 is 0 Å².